The van der Waals surface area contributed by atoms with Crippen LogP contribution in [0.15, 0.2) is 11.4 Å². The van der Waals surface area contributed by atoms with Crippen LogP contribution in [-0.2, 0) is 16.0 Å². The lowest BCUT2D eigenvalue weighted by molar-refractivity contribution is -0.145. The first-order valence-electron chi connectivity index (χ1n) is 6.98. The lowest BCUT2D eigenvalue weighted by atomic mass is 9.95. The molecule has 0 radical (unpaired) electrons. The minimum Gasteiger partial charge on any atom is -0.480 e. The zero-order chi connectivity index (χ0) is 14.1. The van der Waals surface area contributed by atoms with Crippen molar-refractivity contribution in [2.24, 2.45) is 0 Å². The summed E-state index contributed by atoms with van der Waals surface area (Å²) in [6.45, 7) is 1.42. The van der Waals surface area contributed by atoms with Crippen LogP contribution in [0.2, 0.25) is 0 Å². The number of hydrogen-bond acceptors (Lipinski definition) is 4. The molecule has 3 heterocycles. The Hall–Kier alpha value is -1.40. The van der Waals surface area contributed by atoms with Crippen LogP contribution in [0.25, 0.3) is 0 Å². The molecule has 0 aliphatic carbocycles. The molecule has 0 aromatic carbocycles. The van der Waals surface area contributed by atoms with E-state index >= 15 is 0 Å². The fourth-order valence-corrected chi connectivity index (χ4v) is 4.14. The number of carboxylic acids is 1. The van der Waals surface area contributed by atoms with Gasteiger partial charge in [-0.1, -0.05) is 0 Å². The summed E-state index contributed by atoms with van der Waals surface area (Å²) in [4.78, 5) is 26.6. The van der Waals surface area contributed by atoms with E-state index in [9.17, 15) is 14.7 Å². The van der Waals surface area contributed by atoms with E-state index in [0.29, 0.717) is 13.0 Å². The molecule has 2 unspecified atom stereocenters. The molecule has 1 saturated heterocycles. The van der Waals surface area contributed by atoms with Crippen molar-refractivity contribution in [2.45, 2.75) is 37.8 Å². The second-order valence-corrected chi connectivity index (χ2v) is 6.38. The van der Waals surface area contributed by atoms with E-state index in [1.54, 1.807) is 11.3 Å². The minimum absolute atomic E-state index is 0.0339. The van der Waals surface area contributed by atoms with Crippen LogP contribution in [-0.4, -0.2) is 41.0 Å². The Morgan fingerprint density at radius 3 is 3.15 bits per heavy atom. The first kappa shape index (κ1) is 13.6. The smallest absolute Gasteiger partial charge is 0.325 e. The van der Waals surface area contributed by atoms with Gasteiger partial charge < -0.3 is 10.4 Å². The third-order valence-electron chi connectivity index (χ3n) is 4.16. The molecule has 0 bridgehead atoms. The van der Waals surface area contributed by atoms with Crippen LogP contribution in [0.5, 0.6) is 0 Å². The van der Waals surface area contributed by atoms with E-state index < -0.39 is 12.0 Å². The van der Waals surface area contributed by atoms with Crippen molar-refractivity contribution < 1.29 is 14.7 Å². The first-order valence-corrected chi connectivity index (χ1v) is 7.86. The molecule has 2 aliphatic heterocycles. The molecular formula is C14H18N2O3S. The van der Waals surface area contributed by atoms with Gasteiger partial charge in [0.2, 0.25) is 5.91 Å². The maximum absolute atomic E-state index is 11.7. The number of thiophene rings is 1. The summed E-state index contributed by atoms with van der Waals surface area (Å²) in [6, 6.07) is 1.36. The summed E-state index contributed by atoms with van der Waals surface area (Å²) in [6.07, 6.45) is 3.08. The molecular weight excluding hydrogens is 276 g/mol. The molecule has 5 nitrogen and oxygen atoms in total. The number of hydrogen-bond donors (Lipinski definition) is 2. The summed E-state index contributed by atoms with van der Waals surface area (Å²) in [7, 11) is 0. The molecule has 2 atom stereocenters. The predicted octanol–water partition coefficient (Wildman–Crippen LogP) is 1.40. The van der Waals surface area contributed by atoms with Gasteiger partial charge in [0.25, 0.3) is 0 Å². The zero-order valence-electron chi connectivity index (χ0n) is 11.2. The van der Waals surface area contributed by atoms with Gasteiger partial charge in [0.15, 0.2) is 0 Å². The van der Waals surface area contributed by atoms with Gasteiger partial charge in [-0.05, 0) is 36.3 Å². The fraction of sp³-hybridized carbons (Fsp3) is 0.571. The first-order chi connectivity index (χ1) is 9.66. The summed E-state index contributed by atoms with van der Waals surface area (Å²) < 4.78 is 0. The highest BCUT2D eigenvalue weighted by atomic mass is 32.1. The molecule has 1 aromatic rings. The number of amides is 1. The quantitative estimate of drug-likeness (QED) is 0.865. The van der Waals surface area contributed by atoms with E-state index in [1.807, 2.05) is 16.3 Å². The molecule has 1 amide bonds. The van der Waals surface area contributed by atoms with E-state index in [1.165, 1.54) is 4.88 Å². The Morgan fingerprint density at radius 2 is 2.35 bits per heavy atom. The van der Waals surface area contributed by atoms with Crippen LogP contribution in [0.3, 0.4) is 0 Å². The third-order valence-corrected chi connectivity index (χ3v) is 5.16. The van der Waals surface area contributed by atoms with Crippen molar-refractivity contribution in [1.29, 1.82) is 0 Å². The van der Waals surface area contributed by atoms with Crippen molar-refractivity contribution in [3.63, 3.8) is 0 Å². The molecule has 108 valence electrons. The number of nitrogens with zero attached hydrogens (tertiary/aromatic N) is 1. The zero-order valence-corrected chi connectivity index (χ0v) is 12.0. The van der Waals surface area contributed by atoms with Crippen molar-refractivity contribution >= 4 is 23.2 Å². The largest absolute Gasteiger partial charge is 0.480 e. The van der Waals surface area contributed by atoms with Crippen molar-refractivity contribution in [2.75, 3.05) is 13.1 Å². The maximum atomic E-state index is 11.7. The van der Waals surface area contributed by atoms with Gasteiger partial charge in [-0.3, -0.25) is 14.5 Å². The van der Waals surface area contributed by atoms with Crippen molar-refractivity contribution in [3.8, 4) is 0 Å². The SMILES string of the molecule is O=C1CC(N2CCc3sccc3C2C(=O)O)CCCN1. The van der Waals surface area contributed by atoms with Gasteiger partial charge in [0.1, 0.15) is 6.04 Å². The molecule has 0 saturated carbocycles. The Kier molecular flexibility index (Phi) is 3.76. The molecule has 1 aromatic heterocycles. The van der Waals surface area contributed by atoms with E-state index in [-0.39, 0.29) is 11.9 Å². The van der Waals surface area contributed by atoms with Crippen molar-refractivity contribution in [1.82, 2.24) is 10.2 Å². The van der Waals surface area contributed by atoms with Gasteiger partial charge in [-0.25, -0.2) is 0 Å². The number of carbonyl (C=O) groups is 2. The number of carbonyl (C=O) groups excluding carboxylic acids is 1. The Bertz CT molecular complexity index is 528. The highest BCUT2D eigenvalue weighted by molar-refractivity contribution is 7.10. The number of aliphatic carboxylic acids is 1. The second kappa shape index (κ2) is 5.54. The normalized spacial score (nSPS) is 27.5. The number of fused-ring (bicyclic) bond motifs is 1. The van der Waals surface area contributed by atoms with Gasteiger partial charge >= 0.3 is 5.97 Å². The van der Waals surface area contributed by atoms with E-state index in [4.69, 9.17) is 0 Å². The van der Waals surface area contributed by atoms with E-state index in [0.717, 1.165) is 31.4 Å². The Balaban J connectivity index is 1.88. The van der Waals surface area contributed by atoms with Crippen molar-refractivity contribution in [3.05, 3.63) is 21.9 Å². The summed E-state index contributed by atoms with van der Waals surface area (Å²) in [5, 5.41) is 14.4. The maximum Gasteiger partial charge on any atom is 0.325 e. The third kappa shape index (κ3) is 2.45. The average Bonchev–Trinajstić information content (AvgIpc) is 2.78. The standard InChI is InChI=1S/C14H18N2O3S/c17-12-8-9(2-1-5-15-12)16-6-3-11-10(4-7-20-11)13(16)14(18)19/h4,7,9,13H,1-3,5-6,8H2,(H,15,17)(H,18,19). The lowest BCUT2D eigenvalue weighted by Gasteiger charge is -2.38. The van der Waals surface area contributed by atoms with Crippen LogP contribution in [0.1, 0.15) is 35.7 Å². The van der Waals surface area contributed by atoms with Crippen LogP contribution in [0.4, 0.5) is 0 Å². The number of carboxylic acid groups (broad SMARTS) is 1. The summed E-state index contributed by atoms with van der Waals surface area (Å²) in [5.41, 5.74) is 0.915. The number of rotatable bonds is 2. The van der Waals surface area contributed by atoms with Gasteiger partial charge in [0.05, 0.1) is 0 Å². The molecule has 1 fully saturated rings. The molecule has 20 heavy (non-hydrogen) atoms. The van der Waals surface area contributed by atoms with Gasteiger partial charge in [-0.2, -0.15) is 0 Å². The lowest BCUT2D eigenvalue weighted by Crippen LogP contribution is -2.46. The highest BCUT2D eigenvalue weighted by Crippen LogP contribution is 2.36. The van der Waals surface area contributed by atoms with Gasteiger partial charge in [-0.15, -0.1) is 11.3 Å². The molecule has 6 heteroatoms. The second-order valence-electron chi connectivity index (χ2n) is 5.38. The topological polar surface area (TPSA) is 69.6 Å². The number of nitrogens with one attached hydrogen (secondary N) is 1. The molecule has 2 aliphatic rings. The molecule has 2 N–H and O–H groups in total. The summed E-state index contributed by atoms with van der Waals surface area (Å²) >= 11 is 1.63. The fourth-order valence-electron chi connectivity index (χ4n) is 3.24. The predicted molar refractivity (Wildman–Crippen MR) is 75.8 cm³/mol. The van der Waals surface area contributed by atoms with Gasteiger partial charge in [0, 0.05) is 30.4 Å². The minimum atomic E-state index is -0.811. The summed E-state index contributed by atoms with van der Waals surface area (Å²) in [5.74, 6) is -0.776. The Labute approximate surface area is 121 Å². The molecule has 3 rings (SSSR count). The van der Waals surface area contributed by atoms with Crippen LogP contribution >= 0.6 is 11.3 Å². The monoisotopic (exact) mass is 294 g/mol. The van der Waals surface area contributed by atoms with Crippen LogP contribution in [0, 0.1) is 0 Å². The van der Waals surface area contributed by atoms with Crippen LogP contribution < -0.4 is 5.32 Å². The highest BCUT2D eigenvalue weighted by Gasteiger charge is 2.38. The average molecular weight is 294 g/mol. The molecule has 0 spiro atoms. The Morgan fingerprint density at radius 1 is 1.50 bits per heavy atom. The van der Waals surface area contributed by atoms with E-state index in [2.05, 4.69) is 5.32 Å².